The summed E-state index contributed by atoms with van der Waals surface area (Å²) in [4.78, 5) is 13.5. The molecule has 0 amide bonds. The molecule has 1 aromatic heterocycles. The second-order valence-corrected chi connectivity index (χ2v) is 5.43. The molecule has 0 bridgehead atoms. The van der Waals surface area contributed by atoms with Gasteiger partial charge in [0, 0.05) is 11.9 Å². The number of aliphatic hydroxyl groups is 1. The van der Waals surface area contributed by atoms with Crippen LogP contribution >= 0.6 is 0 Å². The molecule has 1 aliphatic rings. The number of carboxylic acid groups (broad SMARTS) is 1. The lowest BCUT2D eigenvalue weighted by molar-refractivity contribution is 0.0690. The highest BCUT2D eigenvalue weighted by Gasteiger charge is 2.34. The van der Waals surface area contributed by atoms with Crippen LogP contribution in [0.15, 0.2) is 24.3 Å². The number of aromatic carboxylic acids is 1. The third-order valence-corrected chi connectivity index (χ3v) is 4.20. The van der Waals surface area contributed by atoms with E-state index in [1.165, 1.54) is 0 Å². The van der Waals surface area contributed by atoms with E-state index in [0.717, 1.165) is 11.8 Å². The maximum Gasteiger partial charge on any atom is 0.358 e. The van der Waals surface area contributed by atoms with E-state index >= 15 is 0 Å². The molecule has 2 N–H and O–H groups in total. The van der Waals surface area contributed by atoms with Gasteiger partial charge in [-0.05, 0) is 18.4 Å². The molecular formula is C15H17N3O3. The van der Waals surface area contributed by atoms with Crippen molar-refractivity contribution < 1.29 is 15.0 Å². The molecule has 1 aromatic carbocycles. The van der Waals surface area contributed by atoms with Gasteiger partial charge in [-0.1, -0.05) is 25.1 Å². The number of carboxylic acids is 1. The molecular weight excluding hydrogens is 270 g/mol. The summed E-state index contributed by atoms with van der Waals surface area (Å²) >= 11 is 0. The van der Waals surface area contributed by atoms with Gasteiger partial charge in [0.2, 0.25) is 0 Å². The van der Waals surface area contributed by atoms with Crippen LogP contribution in [0, 0.1) is 5.92 Å². The van der Waals surface area contributed by atoms with Crippen LogP contribution in [0.25, 0.3) is 10.9 Å². The van der Waals surface area contributed by atoms with E-state index in [1.54, 1.807) is 0 Å². The topological polar surface area (TPSA) is 86.6 Å². The molecule has 1 fully saturated rings. The van der Waals surface area contributed by atoms with E-state index in [0.29, 0.717) is 23.7 Å². The molecule has 2 atom stereocenters. The Morgan fingerprint density at radius 1 is 1.38 bits per heavy atom. The predicted molar refractivity (Wildman–Crippen MR) is 78.5 cm³/mol. The average Bonchev–Trinajstić information content (AvgIpc) is 2.86. The molecule has 2 unspecified atom stereocenters. The van der Waals surface area contributed by atoms with Gasteiger partial charge in [-0.2, -0.15) is 0 Å². The van der Waals surface area contributed by atoms with Crippen molar-refractivity contribution in [2.24, 2.45) is 5.92 Å². The summed E-state index contributed by atoms with van der Waals surface area (Å²) in [6.07, 6.45) is 0.918. The van der Waals surface area contributed by atoms with Crippen molar-refractivity contribution in [3.63, 3.8) is 0 Å². The van der Waals surface area contributed by atoms with Crippen LogP contribution in [0.1, 0.15) is 23.8 Å². The minimum atomic E-state index is -1.10. The number of aliphatic hydroxyl groups excluding tert-OH is 1. The lowest BCUT2D eigenvalue weighted by Crippen LogP contribution is -2.36. The number of fused-ring (bicyclic) bond motifs is 1. The first-order chi connectivity index (χ1) is 10.1. The molecule has 0 radical (unpaired) electrons. The van der Waals surface area contributed by atoms with E-state index < -0.39 is 5.97 Å². The van der Waals surface area contributed by atoms with Gasteiger partial charge in [-0.3, -0.25) is 0 Å². The maximum absolute atomic E-state index is 11.5. The van der Waals surface area contributed by atoms with E-state index in [9.17, 15) is 15.0 Å². The van der Waals surface area contributed by atoms with Gasteiger partial charge < -0.3 is 15.1 Å². The van der Waals surface area contributed by atoms with Gasteiger partial charge in [0.1, 0.15) is 0 Å². The SMILES string of the molecule is CC1CCN(c2c(C(=O)O)nnc3ccccc23)C1CO. The van der Waals surface area contributed by atoms with Gasteiger partial charge in [0.05, 0.1) is 23.9 Å². The molecule has 6 nitrogen and oxygen atoms in total. The summed E-state index contributed by atoms with van der Waals surface area (Å²) in [5.74, 6) is -0.789. The van der Waals surface area contributed by atoms with E-state index in [1.807, 2.05) is 29.2 Å². The minimum absolute atomic E-state index is 0.00310. The number of anilines is 1. The van der Waals surface area contributed by atoms with Crippen molar-refractivity contribution in [2.75, 3.05) is 18.1 Å². The first-order valence-corrected chi connectivity index (χ1v) is 6.99. The van der Waals surface area contributed by atoms with Gasteiger partial charge >= 0.3 is 5.97 Å². The molecule has 3 rings (SSSR count). The number of hydrogen-bond donors (Lipinski definition) is 2. The monoisotopic (exact) mass is 287 g/mol. The molecule has 1 aliphatic heterocycles. The molecule has 0 spiro atoms. The Morgan fingerprint density at radius 3 is 2.86 bits per heavy atom. The summed E-state index contributed by atoms with van der Waals surface area (Å²) in [7, 11) is 0. The fraction of sp³-hybridized carbons (Fsp3) is 0.400. The molecule has 0 aliphatic carbocycles. The highest BCUT2D eigenvalue weighted by molar-refractivity contribution is 6.03. The Balaban J connectivity index is 2.23. The van der Waals surface area contributed by atoms with Gasteiger partial charge in [0.15, 0.2) is 5.69 Å². The number of carbonyl (C=O) groups is 1. The van der Waals surface area contributed by atoms with Crippen molar-refractivity contribution in [3.05, 3.63) is 30.0 Å². The molecule has 21 heavy (non-hydrogen) atoms. The van der Waals surface area contributed by atoms with Gasteiger partial charge in [0.25, 0.3) is 0 Å². The zero-order valence-corrected chi connectivity index (χ0v) is 11.7. The Kier molecular flexibility index (Phi) is 3.47. The Labute approximate surface area is 122 Å². The van der Waals surface area contributed by atoms with Crippen molar-refractivity contribution >= 4 is 22.6 Å². The molecule has 1 saturated heterocycles. The summed E-state index contributed by atoms with van der Waals surface area (Å²) < 4.78 is 0. The molecule has 0 saturated carbocycles. The highest BCUT2D eigenvalue weighted by Crippen LogP contribution is 2.35. The Morgan fingerprint density at radius 2 is 2.14 bits per heavy atom. The Bertz CT molecular complexity index is 689. The largest absolute Gasteiger partial charge is 0.476 e. The first-order valence-electron chi connectivity index (χ1n) is 6.99. The fourth-order valence-corrected chi connectivity index (χ4v) is 3.04. The standard InChI is InChI=1S/C15H17N3O3/c1-9-6-7-18(12(9)8-19)14-10-4-2-3-5-11(10)16-17-13(14)15(20)21/h2-5,9,12,19H,6-8H2,1H3,(H,20,21). The van der Waals surface area contributed by atoms with Crippen LogP contribution in [-0.2, 0) is 0 Å². The number of benzene rings is 1. The quantitative estimate of drug-likeness (QED) is 0.890. The summed E-state index contributed by atoms with van der Waals surface area (Å²) in [5.41, 5.74) is 1.17. The molecule has 6 heteroatoms. The van der Waals surface area contributed by atoms with Crippen molar-refractivity contribution in [2.45, 2.75) is 19.4 Å². The second-order valence-electron chi connectivity index (χ2n) is 5.43. The third kappa shape index (κ3) is 2.21. The average molecular weight is 287 g/mol. The zero-order valence-electron chi connectivity index (χ0n) is 11.7. The van der Waals surface area contributed by atoms with Crippen molar-refractivity contribution in [1.82, 2.24) is 10.2 Å². The molecule has 110 valence electrons. The van der Waals surface area contributed by atoms with Gasteiger partial charge in [-0.25, -0.2) is 4.79 Å². The smallest absolute Gasteiger partial charge is 0.358 e. The summed E-state index contributed by atoms with van der Waals surface area (Å²) in [6, 6.07) is 7.27. The number of nitrogens with zero attached hydrogens (tertiary/aromatic N) is 3. The zero-order chi connectivity index (χ0) is 15.0. The van der Waals surface area contributed by atoms with Crippen molar-refractivity contribution in [3.8, 4) is 0 Å². The minimum Gasteiger partial charge on any atom is -0.476 e. The number of rotatable bonds is 3. The number of hydrogen-bond acceptors (Lipinski definition) is 5. The fourth-order valence-electron chi connectivity index (χ4n) is 3.04. The maximum atomic E-state index is 11.5. The van der Waals surface area contributed by atoms with Crippen LogP contribution in [-0.4, -0.2) is 45.6 Å². The number of aromatic nitrogens is 2. The van der Waals surface area contributed by atoms with Crippen LogP contribution in [0.5, 0.6) is 0 Å². The predicted octanol–water partition coefficient (Wildman–Crippen LogP) is 1.54. The third-order valence-electron chi connectivity index (χ3n) is 4.20. The lowest BCUT2D eigenvalue weighted by Gasteiger charge is -2.28. The van der Waals surface area contributed by atoms with E-state index in [4.69, 9.17) is 0 Å². The lowest BCUT2D eigenvalue weighted by atomic mass is 10.0. The van der Waals surface area contributed by atoms with Gasteiger partial charge in [-0.15, -0.1) is 10.2 Å². The van der Waals surface area contributed by atoms with Crippen molar-refractivity contribution in [1.29, 1.82) is 0 Å². The van der Waals surface area contributed by atoms with E-state index in [-0.39, 0.29) is 18.3 Å². The summed E-state index contributed by atoms with van der Waals surface area (Å²) in [5, 5.41) is 27.7. The van der Waals surface area contributed by atoms with Crippen LogP contribution in [0.4, 0.5) is 5.69 Å². The molecule has 2 heterocycles. The second kappa shape index (κ2) is 5.29. The first kappa shape index (κ1) is 13.8. The Hall–Kier alpha value is -2.21. The van der Waals surface area contributed by atoms with Crippen LogP contribution < -0.4 is 4.90 Å². The van der Waals surface area contributed by atoms with Crippen LogP contribution in [0.2, 0.25) is 0 Å². The van der Waals surface area contributed by atoms with E-state index in [2.05, 4.69) is 17.1 Å². The summed E-state index contributed by atoms with van der Waals surface area (Å²) in [6.45, 7) is 2.78. The highest BCUT2D eigenvalue weighted by atomic mass is 16.4. The molecule has 2 aromatic rings. The van der Waals surface area contributed by atoms with Crippen LogP contribution in [0.3, 0.4) is 0 Å². The normalized spacial score (nSPS) is 21.9.